The second-order valence-electron chi connectivity index (χ2n) is 4.77. The lowest BCUT2D eigenvalue weighted by atomic mass is 9.96. The lowest BCUT2D eigenvalue weighted by Crippen LogP contribution is -2.39. The van der Waals surface area contributed by atoms with Gasteiger partial charge in [0.05, 0.1) is 6.04 Å². The summed E-state index contributed by atoms with van der Waals surface area (Å²) in [6, 6.07) is 3.27. The van der Waals surface area contributed by atoms with Gasteiger partial charge in [-0.2, -0.15) is 0 Å². The molecule has 0 amide bonds. The van der Waals surface area contributed by atoms with Gasteiger partial charge in [0.15, 0.2) is 0 Å². The van der Waals surface area contributed by atoms with Gasteiger partial charge in [-0.3, -0.25) is 0 Å². The zero-order valence-corrected chi connectivity index (χ0v) is 9.50. The first kappa shape index (κ1) is 11.5. The second-order valence-corrected chi connectivity index (χ2v) is 4.77. The van der Waals surface area contributed by atoms with Crippen LogP contribution >= 0.6 is 0 Å². The Morgan fingerprint density at radius 1 is 1.31 bits per heavy atom. The molecule has 0 aromatic heterocycles. The molecule has 1 aromatic carbocycles. The van der Waals surface area contributed by atoms with Gasteiger partial charge < -0.3 is 10.6 Å². The van der Waals surface area contributed by atoms with Crippen molar-refractivity contribution < 1.29 is 8.78 Å². The summed E-state index contributed by atoms with van der Waals surface area (Å²) < 4.78 is 26.8. The molecule has 2 nitrogen and oxygen atoms in total. The van der Waals surface area contributed by atoms with Crippen LogP contribution in [0.5, 0.6) is 0 Å². The van der Waals surface area contributed by atoms with Crippen molar-refractivity contribution in [3.05, 3.63) is 35.4 Å². The van der Waals surface area contributed by atoms with E-state index in [-0.39, 0.29) is 6.04 Å². The largest absolute Gasteiger partial charge is 0.323 e. The Hall–Kier alpha value is -1.00. The minimum Gasteiger partial charge on any atom is -0.323 e. The monoisotopic (exact) mass is 226 g/mol. The molecule has 4 heteroatoms. The van der Waals surface area contributed by atoms with Crippen LogP contribution in [0.2, 0.25) is 0 Å². The molecule has 1 saturated carbocycles. The molecule has 0 aliphatic heterocycles. The fraction of sp³-hybridized carbons (Fsp3) is 0.500. The zero-order valence-electron chi connectivity index (χ0n) is 9.50. The quantitative estimate of drug-likeness (QED) is 0.854. The van der Waals surface area contributed by atoms with E-state index < -0.39 is 17.2 Å². The summed E-state index contributed by atoms with van der Waals surface area (Å²) in [4.78, 5) is 1.85. The first-order valence-electron chi connectivity index (χ1n) is 5.34. The third kappa shape index (κ3) is 1.95. The fourth-order valence-electron chi connectivity index (χ4n) is 2.24. The van der Waals surface area contributed by atoms with Gasteiger partial charge in [0.2, 0.25) is 0 Å². The van der Waals surface area contributed by atoms with Crippen molar-refractivity contribution in [1.82, 2.24) is 4.90 Å². The summed E-state index contributed by atoms with van der Waals surface area (Å²) in [7, 11) is 3.67. The van der Waals surface area contributed by atoms with Gasteiger partial charge in [-0.15, -0.1) is 0 Å². The number of benzene rings is 1. The Balaban J connectivity index is 2.43. The maximum absolute atomic E-state index is 13.7. The van der Waals surface area contributed by atoms with Crippen LogP contribution in [0, 0.1) is 11.6 Å². The van der Waals surface area contributed by atoms with Crippen molar-refractivity contribution in [2.75, 3.05) is 14.1 Å². The van der Waals surface area contributed by atoms with Crippen LogP contribution in [-0.4, -0.2) is 24.5 Å². The van der Waals surface area contributed by atoms with Crippen LogP contribution in [0.1, 0.15) is 24.4 Å². The van der Waals surface area contributed by atoms with Crippen LogP contribution in [0.3, 0.4) is 0 Å². The average Bonchev–Trinajstić information content (AvgIpc) is 2.90. The fourth-order valence-corrected chi connectivity index (χ4v) is 2.24. The van der Waals surface area contributed by atoms with E-state index in [1.54, 1.807) is 0 Å². The molecule has 0 radical (unpaired) electrons. The number of nitrogens with zero attached hydrogens (tertiary/aromatic N) is 1. The van der Waals surface area contributed by atoms with E-state index in [9.17, 15) is 8.78 Å². The van der Waals surface area contributed by atoms with Gasteiger partial charge in [-0.05, 0) is 45.1 Å². The summed E-state index contributed by atoms with van der Waals surface area (Å²) in [5, 5.41) is 0. The van der Waals surface area contributed by atoms with Crippen LogP contribution in [-0.2, 0) is 0 Å². The topological polar surface area (TPSA) is 29.3 Å². The van der Waals surface area contributed by atoms with Crippen LogP contribution in [0.25, 0.3) is 0 Å². The molecule has 1 aliphatic rings. The maximum Gasteiger partial charge on any atom is 0.128 e. The van der Waals surface area contributed by atoms with Gasteiger partial charge in [-0.1, -0.05) is 0 Å². The molecule has 0 heterocycles. The van der Waals surface area contributed by atoms with Gasteiger partial charge in [0.1, 0.15) is 11.6 Å². The summed E-state index contributed by atoms with van der Waals surface area (Å²) >= 11 is 0. The number of nitrogens with two attached hydrogens (primary N) is 1. The van der Waals surface area contributed by atoms with Gasteiger partial charge in [0, 0.05) is 11.1 Å². The molecule has 1 fully saturated rings. The van der Waals surface area contributed by atoms with Crippen LogP contribution < -0.4 is 5.73 Å². The third-order valence-corrected chi connectivity index (χ3v) is 3.14. The smallest absolute Gasteiger partial charge is 0.128 e. The zero-order chi connectivity index (χ0) is 11.9. The van der Waals surface area contributed by atoms with E-state index in [0.717, 1.165) is 25.0 Å². The minimum atomic E-state index is -0.424. The maximum atomic E-state index is 13.7. The van der Waals surface area contributed by atoms with Gasteiger partial charge >= 0.3 is 0 Å². The standard InChI is InChI=1S/C12H16F2N2/c1-16(2)11(12(15)5-6-12)9-7-8(13)3-4-10(9)14/h3-4,7,11H,5-6,15H2,1-2H3. The Morgan fingerprint density at radius 3 is 2.44 bits per heavy atom. The molecule has 1 aromatic rings. The van der Waals surface area contributed by atoms with E-state index in [2.05, 4.69) is 0 Å². The van der Waals surface area contributed by atoms with Crippen LogP contribution in [0.15, 0.2) is 18.2 Å². The normalized spacial score (nSPS) is 19.9. The SMILES string of the molecule is CN(C)C(c1cc(F)ccc1F)C1(N)CC1. The Kier molecular flexibility index (Phi) is 2.72. The molecule has 0 spiro atoms. The Morgan fingerprint density at radius 2 is 1.94 bits per heavy atom. The van der Waals surface area contributed by atoms with Crippen molar-refractivity contribution in [2.24, 2.45) is 5.73 Å². The molecule has 88 valence electrons. The molecule has 1 atom stereocenters. The molecule has 0 bridgehead atoms. The second kappa shape index (κ2) is 3.79. The third-order valence-electron chi connectivity index (χ3n) is 3.14. The van der Waals surface area contributed by atoms with Crippen molar-refractivity contribution >= 4 is 0 Å². The van der Waals surface area contributed by atoms with Crippen molar-refractivity contribution in [3.8, 4) is 0 Å². The van der Waals surface area contributed by atoms with Crippen molar-refractivity contribution in [1.29, 1.82) is 0 Å². The first-order chi connectivity index (χ1) is 7.44. The summed E-state index contributed by atoms with van der Waals surface area (Å²) in [5.41, 5.74) is 6.06. The number of rotatable bonds is 3. The van der Waals surface area contributed by atoms with E-state index in [0.29, 0.717) is 5.56 Å². The average molecular weight is 226 g/mol. The van der Waals surface area contributed by atoms with Gasteiger partial charge in [0.25, 0.3) is 0 Å². The number of hydrogen-bond acceptors (Lipinski definition) is 2. The summed E-state index contributed by atoms with van der Waals surface area (Å²) in [6.07, 6.45) is 1.71. The Bertz CT molecular complexity index is 400. The number of likely N-dealkylation sites (N-methyl/N-ethyl adjacent to an activating group) is 1. The minimum absolute atomic E-state index is 0.261. The first-order valence-corrected chi connectivity index (χ1v) is 5.34. The molecule has 2 rings (SSSR count). The molecule has 16 heavy (non-hydrogen) atoms. The molecule has 2 N–H and O–H groups in total. The van der Waals surface area contributed by atoms with Gasteiger partial charge in [-0.25, -0.2) is 8.78 Å². The predicted octanol–water partition coefficient (Wildman–Crippen LogP) is 2.06. The lowest BCUT2D eigenvalue weighted by Gasteiger charge is -2.30. The molecule has 0 saturated heterocycles. The highest BCUT2D eigenvalue weighted by Crippen LogP contribution is 2.46. The predicted molar refractivity (Wildman–Crippen MR) is 58.9 cm³/mol. The van der Waals surface area contributed by atoms with Crippen molar-refractivity contribution in [3.63, 3.8) is 0 Å². The van der Waals surface area contributed by atoms with E-state index >= 15 is 0 Å². The van der Waals surface area contributed by atoms with Crippen LogP contribution in [0.4, 0.5) is 8.78 Å². The summed E-state index contributed by atoms with van der Waals surface area (Å²) in [6.45, 7) is 0. The highest BCUT2D eigenvalue weighted by molar-refractivity contribution is 5.28. The highest BCUT2D eigenvalue weighted by Gasteiger charge is 2.48. The molecule has 1 unspecified atom stereocenters. The number of halogens is 2. The van der Waals surface area contributed by atoms with E-state index in [1.165, 1.54) is 6.07 Å². The molecular formula is C12H16F2N2. The molecular weight excluding hydrogens is 210 g/mol. The summed E-state index contributed by atoms with van der Waals surface area (Å²) in [5.74, 6) is -0.815. The number of hydrogen-bond donors (Lipinski definition) is 1. The van der Waals surface area contributed by atoms with E-state index in [4.69, 9.17) is 5.73 Å². The Labute approximate surface area is 94.0 Å². The lowest BCUT2D eigenvalue weighted by molar-refractivity contribution is 0.239. The molecule has 1 aliphatic carbocycles. The highest BCUT2D eigenvalue weighted by atomic mass is 19.1. The van der Waals surface area contributed by atoms with Crippen molar-refractivity contribution in [2.45, 2.75) is 24.4 Å². The van der Waals surface area contributed by atoms with E-state index in [1.807, 2.05) is 19.0 Å².